The molecule has 3 nitrogen and oxygen atoms in total. The Bertz CT molecular complexity index is 975. The molecule has 0 saturated heterocycles. The second kappa shape index (κ2) is 6.11. The number of fused-ring (bicyclic) bond motifs is 3. The van der Waals surface area contributed by atoms with Gasteiger partial charge in [-0.3, -0.25) is 0 Å². The van der Waals surface area contributed by atoms with Crippen molar-refractivity contribution in [1.82, 2.24) is 4.68 Å². The maximum atomic E-state index is 5.82. The third-order valence-corrected chi connectivity index (χ3v) is 5.47. The van der Waals surface area contributed by atoms with E-state index in [9.17, 15) is 0 Å². The van der Waals surface area contributed by atoms with Gasteiger partial charge < -0.3 is 5.73 Å². The van der Waals surface area contributed by atoms with Crippen LogP contribution >= 0.6 is 11.8 Å². The highest BCUT2D eigenvalue weighted by Gasteiger charge is 2.32. The van der Waals surface area contributed by atoms with Gasteiger partial charge in [-0.2, -0.15) is 0 Å². The first-order chi connectivity index (χ1) is 11.7. The Hall–Kier alpha value is -2.04. The van der Waals surface area contributed by atoms with Crippen molar-refractivity contribution in [1.29, 1.82) is 0 Å². The molecule has 0 fully saturated rings. The maximum absolute atomic E-state index is 5.82. The average Bonchev–Trinajstić information content (AvgIpc) is 2.98. The van der Waals surface area contributed by atoms with Gasteiger partial charge in [-0.05, 0) is 56.0 Å². The summed E-state index contributed by atoms with van der Waals surface area (Å²) in [7, 11) is 0. The predicted octanol–water partition coefficient (Wildman–Crippen LogP) is 2.30. The van der Waals surface area contributed by atoms with E-state index >= 15 is 0 Å². The van der Waals surface area contributed by atoms with Gasteiger partial charge in [0, 0.05) is 22.6 Å². The molecule has 0 radical (unpaired) electrons. The quantitative estimate of drug-likeness (QED) is 0.672. The number of aromatic nitrogens is 2. The third-order valence-electron chi connectivity index (χ3n) is 4.72. The molecular weight excluding hydrogens is 314 g/mol. The molecule has 2 aromatic rings. The van der Waals surface area contributed by atoms with Crippen molar-refractivity contribution in [3.63, 3.8) is 0 Å². The van der Waals surface area contributed by atoms with Gasteiger partial charge in [-0.1, -0.05) is 16.5 Å². The van der Waals surface area contributed by atoms with Crippen LogP contribution in [0.4, 0.5) is 0 Å². The fourth-order valence-corrected chi connectivity index (χ4v) is 3.94. The summed E-state index contributed by atoms with van der Waals surface area (Å²) in [5, 5.41) is 1.35. The monoisotopic (exact) mass is 336 g/mol. The number of rotatable bonds is 5. The van der Waals surface area contributed by atoms with Crippen molar-refractivity contribution in [2.24, 2.45) is 5.73 Å². The summed E-state index contributed by atoms with van der Waals surface area (Å²) < 4.78 is 4.70. The van der Waals surface area contributed by atoms with Crippen LogP contribution in [-0.2, 0) is 13.0 Å². The van der Waals surface area contributed by atoms with Crippen molar-refractivity contribution >= 4 is 29.5 Å². The highest BCUT2D eigenvalue weighted by Crippen LogP contribution is 2.22. The standard InChI is InChI=1S/C20H22N3S/c1-14-13-16(6-3-15-4-7-17(24-2)8-5-15)23-20(14)18(9-11-21)19-10-12-22(19)23/h3-8,10,13H,9,11-12,21H2,1-2H3/q+1/b6-3+. The van der Waals surface area contributed by atoms with E-state index < -0.39 is 0 Å². The summed E-state index contributed by atoms with van der Waals surface area (Å²) >= 11 is 1.77. The van der Waals surface area contributed by atoms with E-state index in [-0.39, 0.29) is 0 Å². The zero-order valence-electron chi connectivity index (χ0n) is 14.1. The van der Waals surface area contributed by atoms with Crippen molar-refractivity contribution in [3.05, 3.63) is 64.3 Å². The number of hydrogen-bond acceptors (Lipinski definition) is 2. The topological polar surface area (TPSA) is 36.9 Å². The van der Waals surface area contributed by atoms with E-state index in [0.717, 1.165) is 13.0 Å². The highest BCUT2D eigenvalue weighted by molar-refractivity contribution is 7.98. The van der Waals surface area contributed by atoms with Crippen LogP contribution in [0, 0.1) is 5.71 Å². The normalized spacial score (nSPS) is 15.1. The Labute approximate surface area is 146 Å². The van der Waals surface area contributed by atoms with Gasteiger partial charge in [0.1, 0.15) is 5.35 Å². The molecule has 2 N–H and O–H groups in total. The van der Waals surface area contributed by atoms with E-state index in [1.165, 1.54) is 38.4 Å². The molecule has 0 aliphatic carbocycles. The van der Waals surface area contributed by atoms with Crippen LogP contribution in [0.15, 0.2) is 41.3 Å². The molecule has 4 heteroatoms. The zero-order chi connectivity index (χ0) is 16.7. The first-order valence-corrected chi connectivity index (χ1v) is 9.54. The molecule has 0 atom stereocenters. The molecule has 24 heavy (non-hydrogen) atoms. The summed E-state index contributed by atoms with van der Waals surface area (Å²) in [6.45, 7) is 3.87. The number of nitrogens with two attached hydrogens (primary N) is 1. The fraction of sp³-hybridized carbons (Fsp3) is 0.250. The number of hydrogen-bond donors (Lipinski definition) is 1. The predicted molar refractivity (Wildman–Crippen MR) is 101 cm³/mol. The minimum absolute atomic E-state index is 0.693. The lowest BCUT2D eigenvalue weighted by Crippen LogP contribution is -2.43. The average molecular weight is 336 g/mol. The lowest BCUT2D eigenvalue weighted by molar-refractivity contribution is -0.613. The number of thioether (sulfide) groups is 1. The molecule has 1 aromatic carbocycles. The van der Waals surface area contributed by atoms with Crippen LogP contribution in [0.2, 0.25) is 0 Å². The van der Waals surface area contributed by atoms with Crippen molar-refractivity contribution in [2.75, 3.05) is 12.8 Å². The Morgan fingerprint density at radius 1 is 1.25 bits per heavy atom. The van der Waals surface area contributed by atoms with Crippen LogP contribution in [0.3, 0.4) is 0 Å². The number of benzene rings is 1. The summed E-state index contributed by atoms with van der Waals surface area (Å²) in [6, 6.07) is 8.68. The highest BCUT2D eigenvalue weighted by atomic mass is 32.2. The Morgan fingerprint density at radius 3 is 2.67 bits per heavy atom. The van der Waals surface area contributed by atoms with Crippen LogP contribution in [0.25, 0.3) is 17.7 Å². The number of nitrogens with zero attached hydrogens (tertiary/aromatic N) is 2. The van der Waals surface area contributed by atoms with Gasteiger partial charge in [0.05, 0.1) is 12.1 Å². The molecule has 2 aliphatic rings. The van der Waals surface area contributed by atoms with Gasteiger partial charge in [0.15, 0.2) is 0 Å². The van der Waals surface area contributed by atoms with Crippen LogP contribution in [0.5, 0.6) is 0 Å². The minimum atomic E-state index is 0.693. The third kappa shape index (κ3) is 2.38. The van der Waals surface area contributed by atoms with Gasteiger partial charge in [-0.15, -0.1) is 16.4 Å². The van der Waals surface area contributed by atoms with Gasteiger partial charge in [0.25, 0.3) is 0 Å². The van der Waals surface area contributed by atoms with Crippen molar-refractivity contribution < 1.29 is 4.36 Å². The molecule has 4 rings (SSSR count). The Kier molecular flexibility index (Phi) is 3.94. The lowest BCUT2D eigenvalue weighted by Gasteiger charge is -2.03. The molecule has 2 aliphatic heterocycles. The summed E-state index contributed by atoms with van der Waals surface area (Å²) in [5.41, 5.74) is 12.3. The zero-order valence-corrected chi connectivity index (χ0v) is 14.9. The minimum Gasteiger partial charge on any atom is -0.330 e. The Morgan fingerprint density at radius 2 is 2.04 bits per heavy atom. The fourth-order valence-electron chi connectivity index (χ4n) is 3.53. The smallest absolute Gasteiger partial charge is 0.245 e. The van der Waals surface area contributed by atoms with Crippen molar-refractivity contribution in [2.45, 2.75) is 24.8 Å². The molecule has 122 valence electrons. The molecule has 0 spiro atoms. The van der Waals surface area contributed by atoms with E-state index in [2.05, 4.69) is 70.8 Å². The molecule has 0 amide bonds. The molecule has 0 unspecified atom stereocenters. The molecule has 0 bridgehead atoms. The number of allylic oxidation sites excluding steroid dienone is 3. The van der Waals surface area contributed by atoms with Crippen molar-refractivity contribution in [3.8, 4) is 0 Å². The maximum Gasteiger partial charge on any atom is 0.245 e. The second-order valence-electron chi connectivity index (χ2n) is 6.21. The summed E-state index contributed by atoms with van der Waals surface area (Å²) in [5.74, 6) is 0. The molecule has 0 saturated carbocycles. The van der Waals surface area contributed by atoms with Crippen LogP contribution in [-0.4, -0.2) is 17.5 Å². The second-order valence-corrected chi connectivity index (χ2v) is 7.09. The van der Waals surface area contributed by atoms with E-state index in [1.54, 1.807) is 11.8 Å². The van der Waals surface area contributed by atoms with Gasteiger partial charge in [0.2, 0.25) is 11.4 Å². The van der Waals surface area contributed by atoms with Crippen LogP contribution < -0.4 is 15.4 Å². The first-order valence-electron chi connectivity index (χ1n) is 8.32. The first kappa shape index (κ1) is 15.5. The van der Waals surface area contributed by atoms with E-state index in [4.69, 9.17) is 5.73 Å². The largest absolute Gasteiger partial charge is 0.330 e. The van der Waals surface area contributed by atoms with E-state index in [0.29, 0.717) is 6.54 Å². The molecule has 3 heterocycles. The summed E-state index contributed by atoms with van der Waals surface area (Å²) in [4.78, 5) is 1.29. The lowest BCUT2D eigenvalue weighted by atomic mass is 10.1. The Balaban J connectivity index is 1.77. The molecular formula is C20H22N3S+. The van der Waals surface area contributed by atoms with Gasteiger partial charge >= 0.3 is 0 Å². The SMILES string of the molecule is CSc1ccc(/C=C/C2=[n+]3c(c(CCN)c4n3CC=4)C(C)=C2)cc1. The van der Waals surface area contributed by atoms with E-state index in [1.807, 2.05) is 0 Å². The van der Waals surface area contributed by atoms with Gasteiger partial charge in [-0.25, -0.2) is 0 Å². The van der Waals surface area contributed by atoms with Crippen LogP contribution in [0.1, 0.15) is 23.7 Å². The molecule has 1 aromatic heterocycles. The summed E-state index contributed by atoms with van der Waals surface area (Å²) in [6.07, 6.45) is 12.0.